The van der Waals surface area contributed by atoms with Gasteiger partial charge >= 0.3 is 6.18 Å². The van der Waals surface area contributed by atoms with Gasteiger partial charge in [-0.2, -0.15) is 13.2 Å². The number of carbonyl (C=O) groups excluding carboxylic acids is 1. The normalized spacial score (nSPS) is 17.7. The molecule has 3 aromatic rings. The van der Waals surface area contributed by atoms with Gasteiger partial charge < -0.3 is 9.42 Å². The average Bonchev–Trinajstić information content (AvgIpc) is 3.28. The number of carbonyl (C=O) groups is 1. The molecule has 4 heterocycles. The Kier molecular flexibility index (Phi) is 5.29. The van der Waals surface area contributed by atoms with Crippen molar-refractivity contribution >= 4 is 28.3 Å². The summed E-state index contributed by atoms with van der Waals surface area (Å²) in [6.45, 7) is 6.19. The standard InChI is InChI=1S/C20H21F3N4O2S/c1-4-13-8-14(20(21,22)23)15-16(26-29-18(15)25-13)12-6-5-7-27(9-12)19(28)17-10(2)24-11(3)30-17/h8,12H,4-7,9H2,1-3H3/t12-/m1/s1. The van der Waals surface area contributed by atoms with Crippen LogP contribution in [0.15, 0.2) is 10.6 Å². The number of fused-ring (bicyclic) bond motifs is 1. The van der Waals surface area contributed by atoms with Crippen molar-refractivity contribution in [2.24, 2.45) is 0 Å². The Balaban J connectivity index is 1.70. The summed E-state index contributed by atoms with van der Waals surface area (Å²) in [5, 5.41) is 4.68. The Morgan fingerprint density at radius 3 is 2.73 bits per heavy atom. The third kappa shape index (κ3) is 3.68. The van der Waals surface area contributed by atoms with Gasteiger partial charge in [-0.25, -0.2) is 9.97 Å². The lowest BCUT2D eigenvalue weighted by Gasteiger charge is -2.32. The summed E-state index contributed by atoms with van der Waals surface area (Å²) in [4.78, 5) is 23.7. The highest BCUT2D eigenvalue weighted by Crippen LogP contribution is 2.40. The number of pyridine rings is 1. The molecule has 30 heavy (non-hydrogen) atoms. The smallest absolute Gasteiger partial charge is 0.337 e. The lowest BCUT2D eigenvalue weighted by molar-refractivity contribution is -0.136. The zero-order valence-corrected chi connectivity index (χ0v) is 17.7. The summed E-state index contributed by atoms with van der Waals surface area (Å²) >= 11 is 1.33. The molecule has 0 aliphatic carbocycles. The molecule has 0 N–H and O–H groups in total. The van der Waals surface area contributed by atoms with Gasteiger partial charge in [-0.3, -0.25) is 4.79 Å². The maximum absolute atomic E-state index is 13.8. The minimum absolute atomic E-state index is 0.0937. The zero-order chi connectivity index (χ0) is 21.6. The molecule has 1 amide bonds. The van der Waals surface area contributed by atoms with Crippen LogP contribution in [-0.2, 0) is 12.6 Å². The third-order valence-corrected chi connectivity index (χ3v) is 6.45. The van der Waals surface area contributed by atoms with Crippen molar-refractivity contribution in [3.8, 4) is 0 Å². The van der Waals surface area contributed by atoms with Crippen LogP contribution >= 0.6 is 11.3 Å². The second-order valence-corrected chi connectivity index (χ2v) is 8.70. The molecule has 3 aromatic heterocycles. The van der Waals surface area contributed by atoms with Gasteiger partial charge in [0.1, 0.15) is 4.88 Å². The van der Waals surface area contributed by atoms with E-state index in [1.165, 1.54) is 11.3 Å². The minimum atomic E-state index is -4.55. The molecule has 0 unspecified atom stereocenters. The maximum Gasteiger partial charge on any atom is 0.417 e. The fourth-order valence-electron chi connectivity index (χ4n) is 3.97. The van der Waals surface area contributed by atoms with Crippen LogP contribution in [0.1, 0.15) is 63.0 Å². The molecular weight excluding hydrogens is 417 g/mol. The number of aromatic nitrogens is 3. The summed E-state index contributed by atoms with van der Waals surface area (Å²) in [5.41, 5.74) is 0.315. The molecule has 1 fully saturated rings. The molecule has 0 spiro atoms. The van der Waals surface area contributed by atoms with Crippen LogP contribution in [0.3, 0.4) is 0 Å². The summed E-state index contributed by atoms with van der Waals surface area (Å²) < 4.78 is 46.5. The van der Waals surface area contributed by atoms with Crippen molar-refractivity contribution in [3.05, 3.63) is 38.6 Å². The molecule has 1 atom stereocenters. The monoisotopic (exact) mass is 438 g/mol. The SMILES string of the molecule is CCc1cc(C(F)(F)F)c2c([C@@H]3CCCN(C(=O)c4sc(C)nc4C)C3)noc2n1. The third-order valence-electron chi connectivity index (χ3n) is 5.39. The number of halogens is 3. The fraction of sp³-hybridized carbons (Fsp3) is 0.500. The van der Waals surface area contributed by atoms with Crippen molar-refractivity contribution in [2.75, 3.05) is 13.1 Å². The Bertz CT molecular complexity index is 1110. The summed E-state index contributed by atoms with van der Waals surface area (Å²) in [7, 11) is 0. The first kappa shape index (κ1) is 20.8. The number of likely N-dealkylation sites (tertiary alicyclic amines) is 1. The first-order valence-electron chi connectivity index (χ1n) is 9.78. The van der Waals surface area contributed by atoms with E-state index in [0.717, 1.165) is 11.1 Å². The first-order valence-corrected chi connectivity index (χ1v) is 10.6. The molecule has 1 saturated heterocycles. The molecule has 0 aromatic carbocycles. The molecular formula is C20H21F3N4O2S. The van der Waals surface area contributed by atoms with Crippen LogP contribution in [0.5, 0.6) is 0 Å². The second-order valence-electron chi connectivity index (χ2n) is 7.50. The first-order chi connectivity index (χ1) is 14.2. The average molecular weight is 438 g/mol. The van der Waals surface area contributed by atoms with E-state index in [0.29, 0.717) is 42.1 Å². The van der Waals surface area contributed by atoms with E-state index in [1.807, 2.05) is 6.92 Å². The Labute approximate surface area is 175 Å². The number of nitrogens with zero attached hydrogens (tertiary/aromatic N) is 4. The van der Waals surface area contributed by atoms with E-state index >= 15 is 0 Å². The molecule has 6 nitrogen and oxygen atoms in total. The number of alkyl halides is 3. The van der Waals surface area contributed by atoms with Crippen molar-refractivity contribution in [1.29, 1.82) is 0 Å². The van der Waals surface area contributed by atoms with Crippen molar-refractivity contribution < 1.29 is 22.5 Å². The largest absolute Gasteiger partial charge is 0.417 e. The van der Waals surface area contributed by atoms with Crippen LogP contribution < -0.4 is 0 Å². The molecule has 160 valence electrons. The maximum atomic E-state index is 13.8. The van der Waals surface area contributed by atoms with Gasteiger partial charge in [0.05, 0.1) is 27.3 Å². The molecule has 1 aliphatic rings. The Morgan fingerprint density at radius 2 is 2.10 bits per heavy atom. The second kappa shape index (κ2) is 7.64. The van der Waals surface area contributed by atoms with Gasteiger partial charge in [-0.05, 0) is 39.2 Å². The van der Waals surface area contributed by atoms with Crippen LogP contribution in [0, 0.1) is 13.8 Å². The van der Waals surface area contributed by atoms with Crippen LogP contribution in [0.2, 0.25) is 0 Å². The topological polar surface area (TPSA) is 72.1 Å². The molecule has 1 aliphatic heterocycles. The summed E-state index contributed by atoms with van der Waals surface area (Å²) in [6, 6.07) is 1.07. The van der Waals surface area contributed by atoms with Crippen LogP contribution in [0.4, 0.5) is 13.2 Å². The number of rotatable bonds is 3. The highest BCUT2D eigenvalue weighted by molar-refractivity contribution is 7.13. The van der Waals surface area contributed by atoms with Crippen LogP contribution in [-0.4, -0.2) is 39.0 Å². The molecule has 4 rings (SSSR count). The van der Waals surface area contributed by atoms with E-state index in [2.05, 4.69) is 15.1 Å². The van der Waals surface area contributed by atoms with Gasteiger partial charge in [0.2, 0.25) is 0 Å². The van der Waals surface area contributed by atoms with E-state index in [-0.39, 0.29) is 35.2 Å². The van der Waals surface area contributed by atoms with Crippen molar-refractivity contribution in [1.82, 2.24) is 20.0 Å². The number of amides is 1. The van der Waals surface area contributed by atoms with Gasteiger partial charge in [0, 0.05) is 24.7 Å². The predicted octanol–water partition coefficient (Wildman–Crippen LogP) is 4.90. The fourth-order valence-corrected chi connectivity index (χ4v) is 4.85. The number of aryl methyl sites for hydroxylation is 3. The molecule has 0 bridgehead atoms. The van der Waals surface area contributed by atoms with Gasteiger partial charge in [-0.1, -0.05) is 12.1 Å². The number of thiazole rings is 1. The van der Waals surface area contributed by atoms with Gasteiger partial charge in [0.25, 0.3) is 11.6 Å². The Hall–Kier alpha value is -2.49. The highest BCUT2D eigenvalue weighted by Gasteiger charge is 2.38. The van der Waals surface area contributed by atoms with E-state index < -0.39 is 11.7 Å². The molecule has 0 radical (unpaired) electrons. The zero-order valence-electron chi connectivity index (χ0n) is 16.8. The number of piperidine rings is 1. The highest BCUT2D eigenvalue weighted by atomic mass is 32.1. The van der Waals surface area contributed by atoms with E-state index in [9.17, 15) is 18.0 Å². The molecule has 0 saturated carbocycles. The summed E-state index contributed by atoms with van der Waals surface area (Å²) in [5.74, 6) is -0.494. The number of hydrogen-bond donors (Lipinski definition) is 0. The van der Waals surface area contributed by atoms with Crippen LogP contribution in [0.25, 0.3) is 11.1 Å². The number of hydrogen-bond acceptors (Lipinski definition) is 6. The van der Waals surface area contributed by atoms with Gasteiger partial charge in [0.15, 0.2) is 0 Å². The van der Waals surface area contributed by atoms with Gasteiger partial charge in [-0.15, -0.1) is 11.3 Å². The lowest BCUT2D eigenvalue weighted by atomic mass is 9.91. The van der Waals surface area contributed by atoms with Crippen molar-refractivity contribution in [3.63, 3.8) is 0 Å². The van der Waals surface area contributed by atoms with E-state index in [4.69, 9.17) is 4.52 Å². The molecule has 10 heteroatoms. The Morgan fingerprint density at radius 1 is 1.33 bits per heavy atom. The van der Waals surface area contributed by atoms with Crippen molar-refractivity contribution in [2.45, 2.75) is 52.1 Å². The lowest BCUT2D eigenvalue weighted by Crippen LogP contribution is -2.39. The summed E-state index contributed by atoms with van der Waals surface area (Å²) in [6.07, 6.45) is -2.90. The predicted molar refractivity (Wildman–Crippen MR) is 106 cm³/mol. The minimum Gasteiger partial charge on any atom is -0.337 e. The quantitative estimate of drug-likeness (QED) is 0.582. The van der Waals surface area contributed by atoms with E-state index in [1.54, 1.807) is 18.7 Å².